The van der Waals surface area contributed by atoms with Gasteiger partial charge in [-0.15, -0.1) is 0 Å². The summed E-state index contributed by atoms with van der Waals surface area (Å²) in [6.07, 6.45) is 0.183. The molecular formula is C21H26N2O2. The maximum Gasteiger partial charge on any atom is 0.226 e. The molecule has 0 spiro atoms. The Hall–Kier alpha value is -2.62. The van der Waals surface area contributed by atoms with Crippen LogP contribution in [-0.2, 0) is 15.0 Å². The first-order valence-corrected chi connectivity index (χ1v) is 8.49. The molecule has 2 amide bonds. The second-order valence-electron chi connectivity index (χ2n) is 7.21. The van der Waals surface area contributed by atoms with E-state index >= 15 is 0 Å². The quantitative estimate of drug-likeness (QED) is 0.859. The van der Waals surface area contributed by atoms with E-state index in [0.29, 0.717) is 0 Å². The Kier molecular flexibility index (Phi) is 5.97. The molecule has 0 aliphatic carbocycles. The van der Waals surface area contributed by atoms with Crippen molar-refractivity contribution in [3.63, 3.8) is 0 Å². The van der Waals surface area contributed by atoms with Gasteiger partial charge in [-0.25, -0.2) is 0 Å². The number of para-hydroxylation sites is 1. The van der Waals surface area contributed by atoms with Gasteiger partial charge in [-0.05, 0) is 22.6 Å². The molecule has 0 saturated heterocycles. The Labute approximate surface area is 149 Å². The molecule has 0 radical (unpaired) electrons. The Morgan fingerprint density at radius 2 is 1.56 bits per heavy atom. The monoisotopic (exact) mass is 338 g/mol. The number of carbonyl (C=O) groups is 2. The van der Waals surface area contributed by atoms with E-state index in [1.54, 1.807) is 0 Å². The lowest BCUT2D eigenvalue weighted by Gasteiger charge is -2.24. The zero-order valence-corrected chi connectivity index (χ0v) is 15.3. The first-order valence-electron chi connectivity index (χ1n) is 8.49. The van der Waals surface area contributed by atoms with Crippen LogP contribution in [0.1, 0.15) is 51.3 Å². The molecule has 0 heterocycles. The molecule has 2 aromatic carbocycles. The Morgan fingerprint density at radius 1 is 0.960 bits per heavy atom. The molecule has 0 aromatic heterocycles. The Bertz CT molecular complexity index is 733. The second-order valence-corrected chi connectivity index (χ2v) is 7.21. The van der Waals surface area contributed by atoms with Crippen LogP contribution < -0.4 is 10.6 Å². The number of anilines is 1. The highest BCUT2D eigenvalue weighted by molar-refractivity contribution is 5.92. The number of carbonyl (C=O) groups excluding carboxylic acids is 2. The molecule has 0 fully saturated rings. The zero-order chi connectivity index (χ0) is 18.4. The van der Waals surface area contributed by atoms with Crippen molar-refractivity contribution in [1.29, 1.82) is 0 Å². The molecule has 2 rings (SSSR count). The Morgan fingerprint density at radius 3 is 2.16 bits per heavy atom. The number of hydrogen-bond acceptors (Lipinski definition) is 2. The normalized spacial score (nSPS) is 12.3. The van der Waals surface area contributed by atoms with E-state index in [0.717, 1.165) is 16.8 Å². The topological polar surface area (TPSA) is 58.2 Å². The number of rotatable bonds is 5. The van der Waals surface area contributed by atoms with Crippen LogP contribution in [0, 0.1) is 0 Å². The number of amides is 2. The molecule has 0 saturated carbocycles. The predicted molar refractivity (Wildman–Crippen MR) is 101 cm³/mol. The predicted octanol–water partition coefficient (Wildman–Crippen LogP) is 4.19. The molecule has 1 atom stereocenters. The number of nitrogens with one attached hydrogen (secondary N) is 2. The minimum absolute atomic E-state index is 0.0691. The van der Waals surface area contributed by atoms with Crippen LogP contribution in [0.5, 0.6) is 0 Å². The van der Waals surface area contributed by atoms with Crippen molar-refractivity contribution < 1.29 is 9.59 Å². The highest BCUT2D eigenvalue weighted by atomic mass is 16.2. The molecular weight excluding hydrogens is 312 g/mol. The molecule has 4 nitrogen and oxygen atoms in total. The maximum atomic E-state index is 12.6. The van der Waals surface area contributed by atoms with Crippen molar-refractivity contribution in [2.24, 2.45) is 0 Å². The summed E-state index contributed by atoms with van der Waals surface area (Å²) >= 11 is 0. The molecule has 0 aliphatic heterocycles. The van der Waals surface area contributed by atoms with Gasteiger partial charge in [0.15, 0.2) is 0 Å². The largest absolute Gasteiger partial charge is 0.349 e. The van der Waals surface area contributed by atoms with Crippen molar-refractivity contribution in [2.75, 3.05) is 5.32 Å². The van der Waals surface area contributed by atoms with Gasteiger partial charge < -0.3 is 10.6 Å². The first kappa shape index (κ1) is 18.7. The van der Waals surface area contributed by atoms with Crippen LogP contribution >= 0.6 is 0 Å². The summed E-state index contributed by atoms with van der Waals surface area (Å²) in [6, 6.07) is 17.0. The van der Waals surface area contributed by atoms with Crippen LogP contribution in [0.3, 0.4) is 0 Å². The lowest BCUT2D eigenvalue weighted by Crippen LogP contribution is -2.30. The van der Waals surface area contributed by atoms with Crippen molar-refractivity contribution in [1.82, 2.24) is 5.32 Å². The lowest BCUT2D eigenvalue weighted by atomic mass is 9.86. The summed E-state index contributed by atoms with van der Waals surface area (Å²) in [6.45, 7) is 7.80. The van der Waals surface area contributed by atoms with E-state index in [4.69, 9.17) is 0 Å². The van der Waals surface area contributed by atoms with E-state index in [1.165, 1.54) is 6.92 Å². The second kappa shape index (κ2) is 7.97. The van der Waals surface area contributed by atoms with E-state index < -0.39 is 0 Å². The summed E-state index contributed by atoms with van der Waals surface area (Å²) in [5.74, 6) is -0.281. The van der Waals surface area contributed by atoms with Crippen LogP contribution in [0.2, 0.25) is 0 Å². The van der Waals surface area contributed by atoms with Crippen molar-refractivity contribution in [2.45, 2.75) is 45.6 Å². The maximum absolute atomic E-state index is 12.6. The van der Waals surface area contributed by atoms with Gasteiger partial charge in [0.2, 0.25) is 11.8 Å². The molecule has 25 heavy (non-hydrogen) atoms. The van der Waals surface area contributed by atoms with Crippen molar-refractivity contribution in [3.05, 3.63) is 65.7 Å². The molecule has 0 unspecified atom stereocenters. The van der Waals surface area contributed by atoms with Crippen LogP contribution in [0.25, 0.3) is 0 Å². The fourth-order valence-corrected chi connectivity index (χ4v) is 2.82. The van der Waals surface area contributed by atoms with Crippen LogP contribution in [0.15, 0.2) is 54.6 Å². The SMILES string of the molecule is CC(=O)N[C@@H](CC(=O)Nc1ccccc1C(C)(C)C)c1ccccc1. The van der Waals surface area contributed by atoms with Gasteiger partial charge in [-0.3, -0.25) is 9.59 Å². The van der Waals surface area contributed by atoms with Gasteiger partial charge in [-0.2, -0.15) is 0 Å². The fourth-order valence-electron chi connectivity index (χ4n) is 2.82. The van der Waals surface area contributed by atoms with Gasteiger partial charge in [0.1, 0.15) is 0 Å². The molecule has 2 aromatic rings. The third-order valence-corrected chi connectivity index (χ3v) is 3.98. The average molecular weight is 338 g/mol. The minimum Gasteiger partial charge on any atom is -0.349 e. The van der Waals surface area contributed by atoms with Crippen molar-refractivity contribution >= 4 is 17.5 Å². The van der Waals surface area contributed by atoms with Gasteiger partial charge in [-0.1, -0.05) is 69.3 Å². The molecule has 2 N–H and O–H groups in total. The third-order valence-electron chi connectivity index (χ3n) is 3.98. The molecule has 0 aliphatic rings. The van der Waals surface area contributed by atoms with Gasteiger partial charge >= 0.3 is 0 Å². The third kappa shape index (κ3) is 5.45. The van der Waals surface area contributed by atoms with E-state index in [1.807, 2.05) is 54.6 Å². The van der Waals surface area contributed by atoms with E-state index in [2.05, 4.69) is 31.4 Å². The Balaban J connectivity index is 2.16. The fraction of sp³-hybridized carbons (Fsp3) is 0.333. The summed E-state index contributed by atoms with van der Waals surface area (Å²) in [7, 11) is 0. The van der Waals surface area contributed by atoms with Crippen LogP contribution in [-0.4, -0.2) is 11.8 Å². The smallest absolute Gasteiger partial charge is 0.226 e. The summed E-state index contributed by atoms with van der Waals surface area (Å²) in [5.41, 5.74) is 2.74. The summed E-state index contributed by atoms with van der Waals surface area (Å²) < 4.78 is 0. The highest BCUT2D eigenvalue weighted by Crippen LogP contribution is 2.29. The first-order chi connectivity index (χ1) is 11.8. The molecule has 0 bridgehead atoms. The summed E-state index contributed by atoms with van der Waals surface area (Å²) in [5, 5.41) is 5.86. The highest BCUT2D eigenvalue weighted by Gasteiger charge is 2.21. The van der Waals surface area contributed by atoms with E-state index in [9.17, 15) is 9.59 Å². The standard InChI is InChI=1S/C21H26N2O2/c1-15(24)22-19(16-10-6-5-7-11-16)14-20(25)23-18-13-9-8-12-17(18)21(2,3)4/h5-13,19H,14H2,1-4H3,(H,22,24)(H,23,25)/t19-/m0/s1. The van der Waals surface area contributed by atoms with E-state index in [-0.39, 0.29) is 29.7 Å². The van der Waals surface area contributed by atoms with Gasteiger partial charge in [0.05, 0.1) is 12.5 Å². The zero-order valence-electron chi connectivity index (χ0n) is 15.3. The minimum atomic E-state index is -0.347. The van der Waals surface area contributed by atoms with Gasteiger partial charge in [0, 0.05) is 12.6 Å². The lowest BCUT2D eigenvalue weighted by molar-refractivity contribution is -0.120. The molecule has 132 valence electrons. The summed E-state index contributed by atoms with van der Waals surface area (Å²) in [4.78, 5) is 24.1. The molecule has 4 heteroatoms. The van der Waals surface area contributed by atoms with Crippen molar-refractivity contribution in [3.8, 4) is 0 Å². The number of hydrogen-bond donors (Lipinski definition) is 2. The van der Waals surface area contributed by atoms with Gasteiger partial charge in [0.25, 0.3) is 0 Å². The number of benzene rings is 2. The average Bonchev–Trinajstić information content (AvgIpc) is 2.54. The van der Waals surface area contributed by atoms with Crippen LogP contribution in [0.4, 0.5) is 5.69 Å².